The summed E-state index contributed by atoms with van der Waals surface area (Å²) >= 11 is 7.91. The molecule has 8 heteroatoms. The zero-order chi connectivity index (χ0) is 12.3. The van der Waals surface area contributed by atoms with Crippen molar-refractivity contribution in [2.75, 3.05) is 13.2 Å². The third kappa shape index (κ3) is 3.47. The molecule has 1 aliphatic rings. The van der Waals surface area contributed by atoms with Crippen molar-refractivity contribution < 1.29 is 29.9 Å². The summed E-state index contributed by atoms with van der Waals surface area (Å²) < 4.78 is 9.83. The highest BCUT2D eigenvalue weighted by molar-refractivity contribution is 7.99. The number of hydrogen-bond acceptors (Lipinski definition) is 8. The molecule has 0 saturated carbocycles. The van der Waals surface area contributed by atoms with E-state index in [-0.39, 0.29) is 11.2 Å². The largest absolute Gasteiger partial charge is 0.394 e. The van der Waals surface area contributed by atoms with E-state index in [0.29, 0.717) is 0 Å². The molecule has 1 heterocycles. The Balaban J connectivity index is 2.56. The molecule has 1 fully saturated rings. The van der Waals surface area contributed by atoms with Crippen molar-refractivity contribution in [1.82, 2.24) is 0 Å². The summed E-state index contributed by atoms with van der Waals surface area (Å²) in [5.74, 6) is 0. The van der Waals surface area contributed by atoms with Gasteiger partial charge < -0.3 is 29.9 Å². The number of thiol groups is 2. The van der Waals surface area contributed by atoms with Gasteiger partial charge in [0.15, 0.2) is 6.29 Å². The SMILES string of the molecule is OC[C@H]1O[C@H](OCC(S)S)[C@@H](O)[C@@H](O)[C@@H]1O. The Morgan fingerprint density at radius 1 is 1.12 bits per heavy atom. The summed E-state index contributed by atoms with van der Waals surface area (Å²) in [6, 6.07) is 0. The van der Waals surface area contributed by atoms with E-state index < -0.39 is 37.3 Å². The van der Waals surface area contributed by atoms with E-state index in [2.05, 4.69) is 25.3 Å². The standard InChI is InChI=1S/C8H16O6S2/c9-1-3-5(10)6(11)7(12)8(14-3)13-2-4(15)16/h3-12,15-16H,1-2H2/t3-,5-,6+,7+,8+/m1/s1. The lowest BCUT2D eigenvalue weighted by Crippen LogP contribution is -2.59. The van der Waals surface area contributed by atoms with Crippen LogP contribution in [0.25, 0.3) is 0 Å². The normalized spacial score (nSPS) is 40.3. The summed E-state index contributed by atoms with van der Waals surface area (Å²) in [6.45, 7) is -0.384. The topological polar surface area (TPSA) is 99.4 Å². The van der Waals surface area contributed by atoms with Crippen molar-refractivity contribution in [1.29, 1.82) is 0 Å². The first-order valence-corrected chi connectivity index (χ1v) is 5.79. The Morgan fingerprint density at radius 2 is 1.75 bits per heavy atom. The lowest BCUT2D eigenvalue weighted by Gasteiger charge is -2.39. The van der Waals surface area contributed by atoms with Crippen molar-refractivity contribution in [2.24, 2.45) is 0 Å². The molecule has 0 aromatic rings. The van der Waals surface area contributed by atoms with Crippen LogP contribution >= 0.6 is 25.3 Å². The first-order chi connectivity index (χ1) is 7.47. The molecule has 1 rings (SSSR count). The van der Waals surface area contributed by atoms with Gasteiger partial charge in [0.05, 0.1) is 17.8 Å². The number of rotatable bonds is 4. The summed E-state index contributed by atoms with van der Waals surface area (Å²) in [6.07, 6.45) is -6.24. The van der Waals surface area contributed by atoms with Crippen molar-refractivity contribution in [3.63, 3.8) is 0 Å². The lowest BCUT2D eigenvalue weighted by molar-refractivity contribution is -0.300. The third-order valence-electron chi connectivity index (χ3n) is 2.26. The van der Waals surface area contributed by atoms with E-state index in [0.717, 1.165) is 0 Å². The summed E-state index contributed by atoms with van der Waals surface area (Å²) in [5.41, 5.74) is 0. The Bertz CT molecular complexity index is 215. The van der Waals surface area contributed by atoms with Crippen LogP contribution in [0.3, 0.4) is 0 Å². The molecule has 16 heavy (non-hydrogen) atoms. The Kier molecular flexibility index (Phi) is 5.82. The minimum atomic E-state index is -1.42. The molecule has 6 nitrogen and oxygen atoms in total. The summed E-state index contributed by atoms with van der Waals surface area (Å²) in [7, 11) is 0. The number of hydrogen-bond donors (Lipinski definition) is 6. The molecule has 96 valence electrons. The van der Waals surface area contributed by atoms with Crippen LogP contribution in [0.4, 0.5) is 0 Å². The van der Waals surface area contributed by atoms with Gasteiger partial charge >= 0.3 is 0 Å². The van der Waals surface area contributed by atoms with Gasteiger partial charge in [0.25, 0.3) is 0 Å². The minimum Gasteiger partial charge on any atom is -0.394 e. The summed E-state index contributed by atoms with van der Waals surface area (Å²) in [5, 5.41) is 37.3. The number of ether oxygens (including phenoxy) is 2. The molecular formula is C8H16O6S2. The Hall–Kier alpha value is 0.460. The van der Waals surface area contributed by atoms with Crippen LogP contribution in [-0.4, -0.2) is 68.9 Å². The molecule has 0 radical (unpaired) electrons. The highest BCUT2D eigenvalue weighted by Gasteiger charge is 2.43. The molecule has 0 spiro atoms. The first kappa shape index (κ1) is 14.5. The lowest BCUT2D eigenvalue weighted by atomic mass is 9.99. The molecule has 0 amide bonds. The fourth-order valence-corrected chi connectivity index (χ4v) is 1.56. The van der Waals surface area contributed by atoms with Crippen LogP contribution in [0.15, 0.2) is 0 Å². The highest BCUT2D eigenvalue weighted by Crippen LogP contribution is 2.22. The van der Waals surface area contributed by atoms with E-state index in [1.54, 1.807) is 0 Å². The molecule has 1 saturated heterocycles. The predicted octanol–water partition coefficient (Wildman–Crippen LogP) is -2.01. The zero-order valence-electron chi connectivity index (χ0n) is 8.38. The fraction of sp³-hybridized carbons (Fsp3) is 1.00. The van der Waals surface area contributed by atoms with E-state index >= 15 is 0 Å². The molecule has 0 aliphatic carbocycles. The van der Waals surface area contributed by atoms with Crippen molar-refractivity contribution >= 4 is 25.3 Å². The second-order valence-corrected chi connectivity index (χ2v) is 5.17. The second kappa shape index (κ2) is 6.41. The molecule has 0 aromatic carbocycles. The van der Waals surface area contributed by atoms with Gasteiger partial charge in [-0.25, -0.2) is 0 Å². The maximum Gasteiger partial charge on any atom is 0.186 e. The van der Waals surface area contributed by atoms with Gasteiger partial charge in [0.1, 0.15) is 24.4 Å². The van der Waals surface area contributed by atoms with Gasteiger partial charge in [-0.15, -0.1) is 0 Å². The van der Waals surface area contributed by atoms with Gasteiger partial charge in [-0.05, 0) is 0 Å². The second-order valence-electron chi connectivity index (χ2n) is 3.51. The average Bonchev–Trinajstić information content (AvgIpc) is 2.25. The van der Waals surface area contributed by atoms with Crippen LogP contribution in [-0.2, 0) is 9.47 Å². The van der Waals surface area contributed by atoms with Crippen LogP contribution in [0.2, 0.25) is 0 Å². The van der Waals surface area contributed by atoms with Crippen LogP contribution in [0, 0.1) is 0 Å². The average molecular weight is 272 g/mol. The summed E-state index contributed by atoms with van der Waals surface area (Å²) in [4.78, 5) is 0. The molecule has 0 unspecified atom stereocenters. The molecular weight excluding hydrogens is 256 g/mol. The van der Waals surface area contributed by atoms with Crippen LogP contribution < -0.4 is 0 Å². The molecule has 4 N–H and O–H groups in total. The van der Waals surface area contributed by atoms with Gasteiger partial charge in [0.2, 0.25) is 0 Å². The minimum absolute atomic E-state index is 0.0922. The third-order valence-corrected chi connectivity index (χ3v) is 2.56. The fourth-order valence-electron chi connectivity index (χ4n) is 1.39. The Morgan fingerprint density at radius 3 is 2.25 bits per heavy atom. The first-order valence-electron chi connectivity index (χ1n) is 4.75. The van der Waals surface area contributed by atoms with E-state index in [9.17, 15) is 15.3 Å². The maximum absolute atomic E-state index is 9.54. The zero-order valence-corrected chi connectivity index (χ0v) is 10.2. The van der Waals surface area contributed by atoms with E-state index in [4.69, 9.17) is 14.6 Å². The van der Waals surface area contributed by atoms with Gasteiger partial charge in [-0.3, -0.25) is 0 Å². The van der Waals surface area contributed by atoms with E-state index in [1.807, 2.05) is 0 Å². The molecule has 0 bridgehead atoms. The van der Waals surface area contributed by atoms with Gasteiger partial charge in [-0.1, -0.05) is 0 Å². The quantitative estimate of drug-likeness (QED) is 0.261. The highest BCUT2D eigenvalue weighted by atomic mass is 32.2. The molecule has 0 aromatic heterocycles. The van der Waals surface area contributed by atoms with E-state index in [1.165, 1.54) is 0 Å². The van der Waals surface area contributed by atoms with Crippen LogP contribution in [0.1, 0.15) is 0 Å². The van der Waals surface area contributed by atoms with Gasteiger partial charge in [0, 0.05) is 0 Å². The van der Waals surface area contributed by atoms with Crippen molar-refractivity contribution in [2.45, 2.75) is 35.3 Å². The van der Waals surface area contributed by atoms with Crippen LogP contribution in [0.5, 0.6) is 0 Å². The monoisotopic (exact) mass is 272 g/mol. The molecule has 1 aliphatic heterocycles. The predicted molar refractivity (Wildman–Crippen MR) is 61.5 cm³/mol. The Labute approximate surface area is 104 Å². The smallest absolute Gasteiger partial charge is 0.186 e. The van der Waals surface area contributed by atoms with Gasteiger partial charge in [-0.2, -0.15) is 25.3 Å². The van der Waals surface area contributed by atoms with Crippen molar-refractivity contribution in [3.8, 4) is 0 Å². The molecule has 5 atom stereocenters. The maximum atomic E-state index is 9.54. The van der Waals surface area contributed by atoms with Crippen molar-refractivity contribution in [3.05, 3.63) is 0 Å². The number of aliphatic hydroxyl groups excluding tert-OH is 4. The number of aliphatic hydroxyl groups is 4.